The minimum absolute atomic E-state index is 0.630. The molecular formula is C12H19BrClN3. The van der Waals surface area contributed by atoms with E-state index in [-0.39, 0.29) is 0 Å². The molecule has 1 fully saturated rings. The third-order valence-electron chi connectivity index (χ3n) is 3.28. The van der Waals surface area contributed by atoms with Gasteiger partial charge in [-0.2, -0.15) is 5.10 Å². The highest BCUT2D eigenvalue weighted by atomic mass is 79.9. The first-order chi connectivity index (χ1) is 8.15. The normalized spacial score (nSPS) is 21.3. The van der Waals surface area contributed by atoms with Crippen LogP contribution in [0.5, 0.6) is 0 Å². The van der Waals surface area contributed by atoms with Gasteiger partial charge in [-0.1, -0.05) is 34.5 Å². The van der Waals surface area contributed by atoms with E-state index in [0.29, 0.717) is 4.83 Å². The van der Waals surface area contributed by atoms with Crippen LogP contribution in [0.4, 0.5) is 0 Å². The van der Waals surface area contributed by atoms with E-state index >= 15 is 0 Å². The molecule has 1 aromatic rings. The van der Waals surface area contributed by atoms with Crippen molar-refractivity contribution in [2.45, 2.75) is 44.6 Å². The Kier molecular flexibility index (Phi) is 4.50. The number of likely N-dealkylation sites (tertiary alicyclic amines) is 1. The minimum atomic E-state index is 0.630. The summed E-state index contributed by atoms with van der Waals surface area (Å²) >= 11 is 10.1. The predicted molar refractivity (Wildman–Crippen MR) is 74.9 cm³/mol. The molecule has 0 N–H and O–H groups in total. The smallest absolute Gasteiger partial charge is 0.0863 e. The van der Waals surface area contributed by atoms with Crippen LogP contribution in [0.2, 0.25) is 5.02 Å². The van der Waals surface area contributed by atoms with E-state index in [1.54, 1.807) is 0 Å². The molecule has 1 atom stereocenters. The number of aromatic nitrogens is 2. The van der Waals surface area contributed by atoms with Gasteiger partial charge in [-0.3, -0.25) is 9.58 Å². The van der Waals surface area contributed by atoms with Crippen molar-refractivity contribution in [3.8, 4) is 0 Å². The van der Waals surface area contributed by atoms with Gasteiger partial charge in [0, 0.05) is 24.5 Å². The minimum Gasteiger partial charge on any atom is -0.296 e. The Morgan fingerprint density at radius 1 is 1.47 bits per heavy atom. The first-order valence-corrected chi connectivity index (χ1v) is 7.55. The summed E-state index contributed by atoms with van der Waals surface area (Å²) in [6, 6.07) is 0. The molecule has 1 aliphatic rings. The lowest BCUT2D eigenvalue weighted by Crippen LogP contribution is -2.22. The number of nitrogens with zero attached hydrogens (tertiary/aromatic N) is 3. The van der Waals surface area contributed by atoms with Crippen LogP contribution in [0.3, 0.4) is 0 Å². The third kappa shape index (κ3) is 2.85. The van der Waals surface area contributed by atoms with Gasteiger partial charge in [-0.05, 0) is 26.3 Å². The van der Waals surface area contributed by atoms with Crippen molar-refractivity contribution in [1.29, 1.82) is 0 Å². The number of alkyl halides is 1. The summed E-state index contributed by atoms with van der Waals surface area (Å²) in [4.78, 5) is 3.07. The highest BCUT2D eigenvalue weighted by molar-refractivity contribution is 9.09. The largest absolute Gasteiger partial charge is 0.296 e. The fourth-order valence-electron chi connectivity index (χ4n) is 2.31. The van der Waals surface area contributed by atoms with Crippen molar-refractivity contribution in [2.24, 2.45) is 0 Å². The summed E-state index contributed by atoms with van der Waals surface area (Å²) in [5, 5.41) is 5.42. The van der Waals surface area contributed by atoms with Gasteiger partial charge in [-0.25, -0.2) is 0 Å². The van der Waals surface area contributed by atoms with Crippen molar-refractivity contribution < 1.29 is 0 Å². The highest BCUT2D eigenvalue weighted by Crippen LogP contribution is 2.25. The number of hydrogen-bond acceptors (Lipinski definition) is 2. The summed E-state index contributed by atoms with van der Waals surface area (Å²) in [5.41, 5.74) is 2.20. The van der Waals surface area contributed by atoms with E-state index in [1.807, 2.05) is 4.68 Å². The molecule has 96 valence electrons. The Labute approximate surface area is 116 Å². The maximum Gasteiger partial charge on any atom is 0.0863 e. The third-order valence-corrected chi connectivity index (χ3v) is 4.47. The van der Waals surface area contributed by atoms with Crippen molar-refractivity contribution in [3.63, 3.8) is 0 Å². The summed E-state index contributed by atoms with van der Waals surface area (Å²) in [6.45, 7) is 8.27. The van der Waals surface area contributed by atoms with Crippen LogP contribution in [-0.4, -0.2) is 32.6 Å². The molecule has 0 spiro atoms. The van der Waals surface area contributed by atoms with E-state index in [4.69, 9.17) is 11.6 Å². The van der Waals surface area contributed by atoms with Crippen LogP contribution < -0.4 is 0 Å². The zero-order valence-corrected chi connectivity index (χ0v) is 12.8. The zero-order chi connectivity index (χ0) is 12.4. The van der Waals surface area contributed by atoms with E-state index in [9.17, 15) is 0 Å². The van der Waals surface area contributed by atoms with Gasteiger partial charge in [0.25, 0.3) is 0 Å². The molecule has 17 heavy (non-hydrogen) atoms. The molecule has 0 amide bonds. The van der Waals surface area contributed by atoms with Gasteiger partial charge < -0.3 is 0 Å². The van der Waals surface area contributed by atoms with Crippen LogP contribution in [0.25, 0.3) is 0 Å². The Morgan fingerprint density at radius 3 is 2.76 bits per heavy atom. The quantitative estimate of drug-likeness (QED) is 0.795. The highest BCUT2D eigenvalue weighted by Gasteiger charge is 2.23. The predicted octanol–water partition coefficient (Wildman–Crippen LogP) is 3.09. The molecular weight excluding hydrogens is 302 g/mol. The topological polar surface area (TPSA) is 21.1 Å². The lowest BCUT2D eigenvalue weighted by atomic mass is 10.3. The van der Waals surface area contributed by atoms with Crippen LogP contribution in [0, 0.1) is 0 Å². The van der Waals surface area contributed by atoms with Crippen molar-refractivity contribution in [1.82, 2.24) is 14.7 Å². The molecule has 0 radical (unpaired) electrons. The SMILES string of the molecule is CCc1nn(CC)c(CN2CCC(Br)C2)c1Cl. The van der Waals surface area contributed by atoms with Crippen molar-refractivity contribution in [3.05, 3.63) is 16.4 Å². The maximum absolute atomic E-state index is 6.40. The van der Waals surface area contributed by atoms with Crippen LogP contribution in [0.1, 0.15) is 31.7 Å². The molecule has 1 unspecified atom stereocenters. The number of aryl methyl sites for hydroxylation is 2. The van der Waals surface area contributed by atoms with Gasteiger partial charge in [0.05, 0.1) is 16.4 Å². The first kappa shape index (κ1) is 13.4. The summed E-state index contributed by atoms with van der Waals surface area (Å²) in [5.74, 6) is 0. The van der Waals surface area contributed by atoms with Gasteiger partial charge in [0.1, 0.15) is 0 Å². The second-order valence-corrected chi connectivity index (χ2v) is 6.17. The van der Waals surface area contributed by atoms with Gasteiger partial charge in [0.2, 0.25) is 0 Å². The van der Waals surface area contributed by atoms with Crippen molar-refractivity contribution >= 4 is 27.5 Å². The molecule has 2 rings (SSSR count). The second kappa shape index (κ2) is 5.72. The molecule has 2 heterocycles. The van der Waals surface area contributed by atoms with Gasteiger partial charge in [0.15, 0.2) is 0 Å². The average molecular weight is 321 g/mol. The fourth-order valence-corrected chi connectivity index (χ4v) is 3.25. The molecule has 1 aromatic heterocycles. The molecule has 1 saturated heterocycles. The molecule has 0 aliphatic carbocycles. The molecule has 0 aromatic carbocycles. The maximum atomic E-state index is 6.40. The summed E-state index contributed by atoms with van der Waals surface area (Å²) < 4.78 is 2.04. The van der Waals surface area contributed by atoms with Gasteiger partial charge >= 0.3 is 0 Å². The molecule has 3 nitrogen and oxygen atoms in total. The summed E-state index contributed by atoms with van der Waals surface area (Å²) in [7, 11) is 0. The molecule has 1 aliphatic heterocycles. The van der Waals surface area contributed by atoms with E-state index in [1.165, 1.54) is 12.1 Å². The molecule has 0 saturated carbocycles. The first-order valence-electron chi connectivity index (χ1n) is 6.26. The Morgan fingerprint density at radius 2 is 2.24 bits per heavy atom. The Bertz CT molecular complexity index is 391. The number of hydrogen-bond donors (Lipinski definition) is 0. The lowest BCUT2D eigenvalue weighted by Gasteiger charge is -2.15. The van der Waals surface area contributed by atoms with E-state index < -0.39 is 0 Å². The molecule has 5 heteroatoms. The fraction of sp³-hybridized carbons (Fsp3) is 0.750. The zero-order valence-electron chi connectivity index (χ0n) is 10.4. The van der Waals surface area contributed by atoms with E-state index in [0.717, 1.165) is 43.3 Å². The Hall–Kier alpha value is -0.0600. The average Bonchev–Trinajstić information content (AvgIpc) is 2.85. The Balaban J connectivity index is 2.16. The van der Waals surface area contributed by atoms with E-state index in [2.05, 4.69) is 39.8 Å². The second-order valence-electron chi connectivity index (χ2n) is 4.50. The monoisotopic (exact) mass is 319 g/mol. The number of rotatable bonds is 4. The molecule has 0 bridgehead atoms. The number of halogens is 2. The van der Waals surface area contributed by atoms with Gasteiger partial charge in [-0.15, -0.1) is 0 Å². The van der Waals surface area contributed by atoms with Crippen LogP contribution >= 0.6 is 27.5 Å². The summed E-state index contributed by atoms with van der Waals surface area (Å²) in [6.07, 6.45) is 2.12. The van der Waals surface area contributed by atoms with Crippen LogP contribution in [0.15, 0.2) is 0 Å². The standard InChI is InChI=1S/C12H19BrClN3/c1-3-10-12(14)11(17(4-2)15-10)8-16-6-5-9(13)7-16/h9H,3-8H2,1-2H3. The van der Waals surface area contributed by atoms with Crippen molar-refractivity contribution in [2.75, 3.05) is 13.1 Å². The lowest BCUT2D eigenvalue weighted by molar-refractivity contribution is 0.320. The van der Waals surface area contributed by atoms with Crippen LogP contribution in [-0.2, 0) is 19.5 Å².